The Balaban J connectivity index is 0. The van der Waals surface area contributed by atoms with Gasteiger partial charge in [0.05, 0.1) is 0 Å². The van der Waals surface area contributed by atoms with Crippen LogP contribution in [-0.4, -0.2) is 13.0 Å². The van der Waals surface area contributed by atoms with Gasteiger partial charge in [-0.2, -0.15) is 0 Å². The van der Waals surface area contributed by atoms with Gasteiger partial charge in [-0.25, -0.2) is 0 Å². The van der Waals surface area contributed by atoms with Gasteiger partial charge in [0.25, 0.3) is 0 Å². The molecule has 0 radical (unpaired) electrons. The molecule has 1 aromatic carbocycles. The van der Waals surface area contributed by atoms with E-state index in [0.717, 1.165) is 11.4 Å². The van der Waals surface area contributed by atoms with Crippen LogP contribution in [0.15, 0.2) is 24.3 Å². The number of benzene rings is 1. The molecule has 1 aromatic rings. The van der Waals surface area contributed by atoms with Gasteiger partial charge in [-0.1, -0.05) is 33.8 Å². The highest BCUT2D eigenvalue weighted by Crippen LogP contribution is 2.13. The number of hydrogen-bond acceptors (Lipinski definition) is 2. The van der Waals surface area contributed by atoms with Crippen LogP contribution >= 0.6 is 0 Å². The van der Waals surface area contributed by atoms with Crippen molar-refractivity contribution < 1.29 is 4.79 Å². The molecular formula is C13H24N2O. The summed E-state index contributed by atoms with van der Waals surface area (Å²) in [6.45, 7) is 9.49. The molecule has 0 heterocycles. The minimum absolute atomic E-state index is 0.0525. The van der Waals surface area contributed by atoms with Crippen LogP contribution in [0, 0.1) is 0 Å². The summed E-state index contributed by atoms with van der Waals surface area (Å²) >= 11 is 0. The molecule has 0 aromatic heterocycles. The average molecular weight is 224 g/mol. The van der Waals surface area contributed by atoms with Crippen molar-refractivity contribution in [3.63, 3.8) is 0 Å². The van der Waals surface area contributed by atoms with Gasteiger partial charge in [0.1, 0.15) is 0 Å². The maximum absolute atomic E-state index is 10.7. The van der Waals surface area contributed by atoms with E-state index >= 15 is 0 Å². The number of carbonyl (C=O) groups excluding carboxylic acids is 1. The van der Waals surface area contributed by atoms with Gasteiger partial charge < -0.3 is 10.6 Å². The molecule has 92 valence electrons. The SMILES string of the molecule is CC.CC.CNc1cccc(NC(C)=O)c1. The zero-order valence-electron chi connectivity index (χ0n) is 11.2. The fourth-order valence-electron chi connectivity index (χ4n) is 0.956. The van der Waals surface area contributed by atoms with E-state index in [4.69, 9.17) is 0 Å². The van der Waals surface area contributed by atoms with E-state index in [0.29, 0.717) is 0 Å². The average Bonchev–Trinajstić information content (AvgIpc) is 2.33. The van der Waals surface area contributed by atoms with Gasteiger partial charge in [0, 0.05) is 25.3 Å². The first-order chi connectivity index (χ1) is 7.72. The zero-order chi connectivity index (χ0) is 13.0. The Hall–Kier alpha value is -1.51. The monoisotopic (exact) mass is 224 g/mol. The van der Waals surface area contributed by atoms with Gasteiger partial charge in [-0.3, -0.25) is 4.79 Å². The third kappa shape index (κ3) is 7.85. The summed E-state index contributed by atoms with van der Waals surface area (Å²) in [6.07, 6.45) is 0. The lowest BCUT2D eigenvalue weighted by Gasteiger charge is -2.04. The Morgan fingerprint density at radius 2 is 1.56 bits per heavy atom. The molecule has 16 heavy (non-hydrogen) atoms. The van der Waals surface area contributed by atoms with Gasteiger partial charge >= 0.3 is 0 Å². The van der Waals surface area contributed by atoms with Gasteiger partial charge in [-0.05, 0) is 18.2 Å². The van der Waals surface area contributed by atoms with Crippen molar-refractivity contribution in [2.75, 3.05) is 17.7 Å². The molecule has 0 saturated carbocycles. The molecule has 0 bridgehead atoms. The highest BCUT2D eigenvalue weighted by Gasteiger charge is 1.94. The number of amides is 1. The van der Waals surface area contributed by atoms with E-state index in [1.807, 2.05) is 59.0 Å². The van der Waals surface area contributed by atoms with Crippen molar-refractivity contribution >= 4 is 17.3 Å². The Bertz CT molecular complexity index is 285. The summed E-state index contributed by atoms with van der Waals surface area (Å²) in [4.78, 5) is 10.7. The minimum Gasteiger partial charge on any atom is -0.388 e. The Labute approximate surface area is 99.3 Å². The largest absolute Gasteiger partial charge is 0.388 e. The van der Waals surface area contributed by atoms with E-state index in [2.05, 4.69) is 10.6 Å². The van der Waals surface area contributed by atoms with Crippen LogP contribution < -0.4 is 10.6 Å². The third-order valence-corrected chi connectivity index (χ3v) is 1.47. The van der Waals surface area contributed by atoms with Crippen molar-refractivity contribution in [3.8, 4) is 0 Å². The highest BCUT2D eigenvalue weighted by atomic mass is 16.1. The van der Waals surface area contributed by atoms with Crippen LogP contribution in [0.25, 0.3) is 0 Å². The number of rotatable bonds is 2. The Morgan fingerprint density at radius 3 is 2.00 bits per heavy atom. The Morgan fingerprint density at radius 1 is 1.06 bits per heavy atom. The maximum Gasteiger partial charge on any atom is 0.221 e. The van der Waals surface area contributed by atoms with E-state index in [1.165, 1.54) is 6.92 Å². The molecule has 3 heteroatoms. The van der Waals surface area contributed by atoms with E-state index in [-0.39, 0.29) is 5.91 Å². The van der Waals surface area contributed by atoms with Crippen LogP contribution in [0.1, 0.15) is 34.6 Å². The predicted molar refractivity (Wildman–Crippen MR) is 73.0 cm³/mol. The molecule has 0 aliphatic heterocycles. The number of anilines is 2. The van der Waals surface area contributed by atoms with Crippen LogP contribution in [0.5, 0.6) is 0 Å². The maximum atomic E-state index is 10.7. The third-order valence-electron chi connectivity index (χ3n) is 1.47. The van der Waals surface area contributed by atoms with Crippen molar-refractivity contribution in [3.05, 3.63) is 24.3 Å². The quantitative estimate of drug-likeness (QED) is 0.803. The summed E-state index contributed by atoms with van der Waals surface area (Å²) in [7, 11) is 1.84. The number of carbonyl (C=O) groups is 1. The first-order valence-corrected chi connectivity index (χ1v) is 5.78. The molecule has 0 atom stereocenters. The van der Waals surface area contributed by atoms with Gasteiger partial charge in [0.2, 0.25) is 5.91 Å². The Kier molecular flexibility index (Phi) is 12.2. The molecule has 0 fully saturated rings. The van der Waals surface area contributed by atoms with Crippen molar-refractivity contribution in [2.24, 2.45) is 0 Å². The summed E-state index contributed by atoms with van der Waals surface area (Å²) in [5, 5.41) is 5.69. The summed E-state index contributed by atoms with van der Waals surface area (Å²) in [5.41, 5.74) is 1.80. The summed E-state index contributed by atoms with van der Waals surface area (Å²) in [6, 6.07) is 7.55. The lowest BCUT2D eigenvalue weighted by molar-refractivity contribution is -0.114. The minimum atomic E-state index is -0.0525. The molecule has 0 aliphatic rings. The van der Waals surface area contributed by atoms with Crippen LogP contribution in [0.2, 0.25) is 0 Å². The molecule has 3 nitrogen and oxygen atoms in total. The first kappa shape index (κ1) is 16.9. The first-order valence-electron chi connectivity index (χ1n) is 5.78. The normalized spacial score (nSPS) is 7.62. The lowest BCUT2D eigenvalue weighted by Crippen LogP contribution is -2.05. The molecular weight excluding hydrogens is 200 g/mol. The molecule has 0 saturated heterocycles. The smallest absolute Gasteiger partial charge is 0.221 e. The lowest BCUT2D eigenvalue weighted by atomic mass is 10.3. The van der Waals surface area contributed by atoms with Crippen molar-refractivity contribution in [2.45, 2.75) is 34.6 Å². The van der Waals surface area contributed by atoms with Crippen LogP contribution in [0.3, 0.4) is 0 Å². The summed E-state index contributed by atoms with van der Waals surface area (Å²) < 4.78 is 0. The van der Waals surface area contributed by atoms with Gasteiger partial charge in [-0.15, -0.1) is 0 Å². The molecule has 0 unspecified atom stereocenters. The molecule has 0 spiro atoms. The molecule has 2 N–H and O–H groups in total. The van der Waals surface area contributed by atoms with Crippen LogP contribution in [0.4, 0.5) is 11.4 Å². The molecule has 0 aliphatic carbocycles. The number of nitrogens with one attached hydrogen (secondary N) is 2. The fraction of sp³-hybridized carbons (Fsp3) is 0.462. The molecule has 1 rings (SSSR count). The second kappa shape index (κ2) is 11.6. The van der Waals surface area contributed by atoms with Crippen molar-refractivity contribution in [1.29, 1.82) is 0 Å². The second-order valence-corrected chi connectivity index (χ2v) is 2.51. The van der Waals surface area contributed by atoms with Gasteiger partial charge in [0.15, 0.2) is 0 Å². The predicted octanol–water partition coefficient (Wildman–Crippen LogP) is 3.74. The highest BCUT2D eigenvalue weighted by molar-refractivity contribution is 5.89. The second-order valence-electron chi connectivity index (χ2n) is 2.51. The zero-order valence-corrected chi connectivity index (χ0v) is 11.2. The number of hydrogen-bond donors (Lipinski definition) is 2. The summed E-state index contributed by atoms with van der Waals surface area (Å²) in [5.74, 6) is -0.0525. The van der Waals surface area contributed by atoms with Crippen LogP contribution in [-0.2, 0) is 4.79 Å². The van der Waals surface area contributed by atoms with E-state index < -0.39 is 0 Å². The standard InChI is InChI=1S/C9H12N2O.2C2H6/c1-7(12)11-9-5-3-4-8(6-9)10-2;2*1-2/h3-6,10H,1-2H3,(H,11,12);2*1-2H3. The van der Waals surface area contributed by atoms with E-state index in [1.54, 1.807) is 0 Å². The van der Waals surface area contributed by atoms with Crippen molar-refractivity contribution in [1.82, 2.24) is 0 Å². The fourth-order valence-corrected chi connectivity index (χ4v) is 0.956. The molecule has 1 amide bonds. The van der Waals surface area contributed by atoms with E-state index in [9.17, 15) is 4.79 Å². The topological polar surface area (TPSA) is 41.1 Å².